The fourth-order valence-corrected chi connectivity index (χ4v) is 3.85. The van der Waals surface area contributed by atoms with Gasteiger partial charge in [-0.3, -0.25) is 9.78 Å². The molecule has 5 nitrogen and oxygen atoms in total. The van der Waals surface area contributed by atoms with Crippen LogP contribution in [0.2, 0.25) is 5.02 Å². The molecule has 140 valence electrons. The van der Waals surface area contributed by atoms with Crippen molar-refractivity contribution in [3.8, 4) is 0 Å². The molecule has 0 unspecified atom stereocenters. The number of pyridine rings is 1. The molecule has 0 aliphatic carbocycles. The molecule has 1 amide bonds. The SMILES string of the molecule is Cc1c(C(=O)NCC2CCN(c3ccncc3)CC2)oc2ccc(Cl)cc12. The third-order valence-corrected chi connectivity index (χ3v) is 5.53. The maximum atomic E-state index is 12.6. The minimum atomic E-state index is -0.156. The molecule has 6 heteroatoms. The summed E-state index contributed by atoms with van der Waals surface area (Å²) >= 11 is 6.05. The Balaban J connectivity index is 1.34. The molecule has 4 rings (SSSR count). The summed E-state index contributed by atoms with van der Waals surface area (Å²) in [6, 6.07) is 9.49. The number of nitrogens with zero attached hydrogens (tertiary/aromatic N) is 2. The summed E-state index contributed by atoms with van der Waals surface area (Å²) in [5, 5.41) is 4.57. The maximum absolute atomic E-state index is 12.6. The monoisotopic (exact) mass is 383 g/mol. The number of carbonyl (C=O) groups is 1. The summed E-state index contributed by atoms with van der Waals surface area (Å²) < 4.78 is 5.75. The lowest BCUT2D eigenvalue weighted by Crippen LogP contribution is -2.38. The number of nitrogens with one attached hydrogen (secondary N) is 1. The highest BCUT2D eigenvalue weighted by molar-refractivity contribution is 6.31. The van der Waals surface area contributed by atoms with E-state index < -0.39 is 0 Å². The Hall–Kier alpha value is -2.53. The van der Waals surface area contributed by atoms with Crippen LogP contribution in [0.3, 0.4) is 0 Å². The van der Waals surface area contributed by atoms with E-state index >= 15 is 0 Å². The van der Waals surface area contributed by atoms with Gasteiger partial charge in [-0.05, 0) is 56.0 Å². The van der Waals surface area contributed by atoms with Crippen LogP contribution in [0, 0.1) is 12.8 Å². The van der Waals surface area contributed by atoms with Gasteiger partial charge in [0.1, 0.15) is 5.58 Å². The van der Waals surface area contributed by atoms with Gasteiger partial charge < -0.3 is 14.6 Å². The Labute approximate surface area is 163 Å². The molecule has 1 fully saturated rings. The third-order valence-electron chi connectivity index (χ3n) is 5.30. The van der Waals surface area contributed by atoms with Gasteiger partial charge >= 0.3 is 0 Å². The molecule has 1 aliphatic heterocycles. The van der Waals surface area contributed by atoms with E-state index in [1.165, 1.54) is 5.69 Å². The predicted molar refractivity (Wildman–Crippen MR) is 107 cm³/mol. The highest BCUT2D eigenvalue weighted by atomic mass is 35.5. The van der Waals surface area contributed by atoms with E-state index in [0.717, 1.165) is 36.9 Å². The Bertz CT molecular complexity index is 947. The molecule has 3 aromatic rings. The van der Waals surface area contributed by atoms with Crippen LogP contribution in [-0.4, -0.2) is 30.5 Å². The van der Waals surface area contributed by atoms with Crippen molar-refractivity contribution >= 4 is 34.2 Å². The van der Waals surface area contributed by atoms with Crippen LogP contribution in [-0.2, 0) is 0 Å². The average molecular weight is 384 g/mol. The number of hydrogen-bond donors (Lipinski definition) is 1. The number of amides is 1. The first-order valence-electron chi connectivity index (χ1n) is 9.23. The summed E-state index contributed by atoms with van der Waals surface area (Å²) in [6.45, 7) is 4.55. The van der Waals surface area contributed by atoms with Crippen molar-refractivity contribution in [2.45, 2.75) is 19.8 Å². The first kappa shape index (κ1) is 17.9. The number of carbonyl (C=O) groups excluding carboxylic acids is 1. The molecule has 1 N–H and O–H groups in total. The Kier molecular flexibility index (Phi) is 5.03. The lowest BCUT2D eigenvalue weighted by atomic mass is 9.96. The largest absolute Gasteiger partial charge is 0.451 e. The maximum Gasteiger partial charge on any atom is 0.287 e. The minimum Gasteiger partial charge on any atom is -0.451 e. The van der Waals surface area contributed by atoms with E-state index in [2.05, 4.69) is 15.2 Å². The fraction of sp³-hybridized carbons (Fsp3) is 0.333. The van der Waals surface area contributed by atoms with E-state index in [1.807, 2.05) is 37.5 Å². The summed E-state index contributed by atoms with van der Waals surface area (Å²) in [4.78, 5) is 19.0. The van der Waals surface area contributed by atoms with Gasteiger partial charge in [0.05, 0.1) is 0 Å². The van der Waals surface area contributed by atoms with Crippen molar-refractivity contribution in [2.75, 3.05) is 24.5 Å². The van der Waals surface area contributed by atoms with Crippen molar-refractivity contribution in [1.82, 2.24) is 10.3 Å². The number of benzene rings is 1. The lowest BCUT2D eigenvalue weighted by molar-refractivity contribution is 0.0918. The normalized spacial score (nSPS) is 15.3. The predicted octanol–water partition coefficient (Wildman–Crippen LogP) is 4.44. The molecule has 2 aromatic heterocycles. The molecule has 0 saturated carbocycles. The molecule has 1 aromatic carbocycles. The smallest absolute Gasteiger partial charge is 0.287 e. The van der Waals surface area contributed by atoms with Gasteiger partial charge in [0.25, 0.3) is 5.91 Å². The molecular weight excluding hydrogens is 362 g/mol. The molecule has 0 radical (unpaired) electrons. The van der Waals surface area contributed by atoms with Gasteiger partial charge in [-0.15, -0.1) is 0 Å². The van der Waals surface area contributed by atoms with Gasteiger partial charge in [0.2, 0.25) is 0 Å². The van der Waals surface area contributed by atoms with Crippen molar-refractivity contribution in [3.05, 3.63) is 59.1 Å². The van der Waals surface area contributed by atoms with E-state index in [0.29, 0.717) is 28.8 Å². The summed E-state index contributed by atoms with van der Waals surface area (Å²) in [5.41, 5.74) is 2.73. The number of anilines is 1. The van der Waals surface area contributed by atoms with Crippen LogP contribution in [0.15, 0.2) is 47.1 Å². The van der Waals surface area contributed by atoms with Crippen molar-refractivity contribution < 1.29 is 9.21 Å². The van der Waals surface area contributed by atoms with Gasteiger partial charge in [-0.2, -0.15) is 0 Å². The molecule has 27 heavy (non-hydrogen) atoms. The summed E-state index contributed by atoms with van der Waals surface area (Å²) in [6.07, 6.45) is 5.75. The molecule has 1 saturated heterocycles. The van der Waals surface area contributed by atoms with Crippen LogP contribution in [0.1, 0.15) is 29.0 Å². The van der Waals surface area contributed by atoms with E-state index in [-0.39, 0.29) is 5.91 Å². The second-order valence-corrected chi connectivity index (χ2v) is 7.48. The van der Waals surface area contributed by atoms with Gasteiger partial charge in [0, 0.05) is 53.7 Å². The lowest BCUT2D eigenvalue weighted by Gasteiger charge is -2.33. The summed E-state index contributed by atoms with van der Waals surface area (Å²) in [7, 11) is 0. The molecule has 0 spiro atoms. The van der Waals surface area contributed by atoms with Crippen LogP contribution >= 0.6 is 11.6 Å². The Morgan fingerprint density at radius 3 is 2.74 bits per heavy atom. The number of furan rings is 1. The topological polar surface area (TPSA) is 58.4 Å². The number of aromatic nitrogens is 1. The number of halogens is 1. The highest BCUT2D eigenvalue weighted by Gasteiger charge is 2.22. The zero-order valence-corrected chi connectivity index (χ0v) is 16.0. The van der Waals surface area contributed by atoms with Gasteiger partial charge in [-0.1, -0.05) is 11.6 Å². The van der Waals surface area contributed by atoms with Crippen LogP contribution in [0.4, 0.5) is 5.69 Å². The van der Waals surface area contributed by atoms with E-state index in [4.69, 9.17) is 16.0 Å². The molecule has 1 aliphatic rings. The zero-order valence-electron chi connectivity index (χ0n) is 15.2. The number of fused-ring (bicyclic) bond motifs is 1. The molecule has 0 bridgehead atoms. The standard InChI is InChI=1S/C21H22ClN3O2/c1-14-18-12-16(22)2-3-19(18)27-20(14)21(26)24-13-15-6-10-25(11-7-15)17-4-8-23-9-5-17/h2-5,8-9,12,15H,6-7,10-11,13H2,1H3,(H,24,26). The quantitative estimate of drug-likeness (QED) is 0.723. The second-order valence-electron chi connectivity index (χ2n) is 7.04. The van der Waals surface area contributed by atoms with Gasteiger partial charge in [-0.25, -0.2) is 0 Å². The third kappa shape index (κ3) is 3.78. The van der Waals surface area contributed by atoms with Gasteiger partial charge in [0.15, 0.2) is 5.76 Å². The molecule has 3 heterocycles. The summed E-state index contributed by atoms with van der Waals surface area (Å²) in [5.74, 6) is 0.698. The number of aryl methyl sites for hydroxylation is 1. The van der Waals surface area contributed by atoms with Crippen LogP contribution in [0.25, 0.3) is 11.0 Å². The number of hydrogen-bond acceptors (Lipinski definition) is 4. The average Bonchev–Trinajstić information content (AvgIpc) is 3.03. The highest BCUT2D eigenvalue weighted by Crippen LogP contribution is 2.28. The number of rotatable bonds is 4. The van der Waals surface area contributed by atoms with Crippen molar-refractivity contribution in [3.63, 3.8) is 0 Å². The van der Waals surface area contributed by atoms with E-state index in [1.54, 1.807) is 12.1 Å². The van der Waals surface area contributed by atoms with Crippen LogP contribution < -0.4 is 10.2 Å². The zero-order chi connectivity index (χ0) is 18.8. The first-order chi connectivity index (χ1) is 13.1. The second kappa shape index (κ2) is 7.61. The first-order valence-corrected chi connectivity index (χ1v) is 9.61. The fourth-order valence-electron chi connectivity index (χ4n) is 3.68. The molecular formula is C21H22ClN3O2. The molecule has 0 atom stereocenters. The minimum absolute atomic E-state index is 0.156. The van der Waals surface area contributed by atoms with Crippen molar-refractivity contribution in [1.29, 1.82) is 0 Å². The number of piperidine rings is 1. The Morgan fingerprint density at radius 2 is 2.00 bits per heavy atom. The van der Waals surface area contributed by atoms with Crippen molar-refractivity contribution in [2.24, 2.45) is 5.92 Å². The van der Waals surface area contributed by atoms with Crippen LogP contribution in [0.5, 0.6) is 0 Å². The Morgan fingerprint density at radius 1 is 1.26 bits per heavy atom. The van der Waals surface area contributed by atoms with E-state index in [9.17, 15) is 4.79 Å².